The summed E-state index contributed by atoms with van der Waals surface area (Å²) in [5.74, 6) is 2.31. The van der Waals surface area contributed by atoms with Gasteiger partial charge in [-0.1, -0.05) is 46.6 Å². The largest absolute Gasteiger partial charge is 0.302 e. The summed E-state index contributed by atoms with van der Waals surface area (Å²) in [6.07, 6.45) is 3.69. The van der Waals surface area contributed by atoms with Crippen LogP contribution in [0.4, 0.5) is 0 Å². The third kappa shape index (κ3) is 5.95. The lowest BCUT2D eigenvalue weighted by Crippen LogP contribution is -2.28. The Morgan fingerprint density at radius 2 is 1.79 bits per heavy atom. The summed E-state index contributed by atoms with van der Waals surface area (Å²) < 4.78 is 2.95. The molecule has 0 amide bonds. The maximum Gasteiger partial charge on any atom is 0.196 e. The topological polar surface area (TPSA) is 54.3 Å². The monoisotopic (exact) mass is 543 g/mol. The minimum Gasteiger partial charge on any atom is -0.302 e. The number of rotatable bonds is 11. The van der Waals surface area contributed by atoms with Crippen LogP contribution in [0.2, 0.25) is 5.02 Å². The van der Waals surface area contributed by atoms with Gasteiger partial charge in [-0.3, -0.25) is 14.3 Å². The van der Waals surface area contributed by atoms with Crippen molar-refractivity contribution in [2.75, 3.05) is 27.2 Å². The summed E-state index contributed by atoms with van der Waals surface area (Å²) in [5, 5.41) is 9.60. The molecule has 0 saturated heterocycles. The van der Waals surface area contributed by atoms with Crippen molar-refractivity contribution in [1.82, 2.24) is 24.6 Å². The molecule has 1 aliphatic carbocycles. The molecule has 3 aromatic rings. The van der Waals surface area contributed by atoms with Gasteiger partial charge in [0.05, 0.1) is 23.8 Å². The van der Waals surface area contributed by atoms with Crippen molar-refractivity contribution in [3.05, 3.63) is 74.7 Å². The number of carbonyl (C=O) groups is 1. The van der Waals surface area contributed by atoms with E-state index < -0.39 is 0 Å². The Balaban J connectivity index is 1.80. The summed E-state index contributed by atoms with van der Waals surface area (Å²) in [6, 6.07) is 12.9. The fourth-order valence-corrected chi connectivity index (χ4v) is 4.78. The number of halogens is 2. The highest BCUT2D eigenvalue weighted by molar-refractivity contribution is 9.10. The third-order valence-electron chi connectivity index (χ3n) is 5.94. The molecular formula is C26H31BrClN5O. The lowest BCUT2D eigenvalue weighted by Gasteiger charge is -2.23. The number of nitrogens with zero attached hydrogens (tertiary/aromatic N) is 5. The van der Waals surface area contributed by atoms with Crippen molar-refractivity contribution in [3.8, 4) is 5.69 Å². The Bertz CT molecular complexity index is 1160. The Morgan fingerprint density at radius 1 is 1.09 bits per heavy atom. The summed E-state index contributed by atoms with van der Waals surface area (Å²) in [6.45, 7) is 5.59. The van der Waals surface area contributed by atoms with Gasteiger partial charge in [-0.15, -0.1) is 10.2 Å². The number of hydrogen-bond acceptors (Lipinski definition) is 5. The molecule has 0 radical (unpaired) electrons. The summed E-state index contributed by atoms with van der Waals surface area (Å²) >= 11 is 10.00. The van der Waals surface area contributed by atoms with E-state index in [1.165, 1.54) is 12.8 Å². The Morgan fingerprint density at radius 3 is 2.44 bits per heavy atom. The molecular weight excluding hydrogens is 514 g/mol. The van der Waals surface area contributed by atoms with Gasteiger partial charge in [0.1, 0.15) is 0 Å². The highest BCUT2D eigenvalue weighted by atomic mass is 79.9. The van der Waals surface area contributed by atoms with Crippen LogP contribution < -0.4 is 0 Å². The second-order valence-corrected chi connectivity index (χ2v) is 10.6. The number of aromatic nitrogens is 3. The zero-order valence-electron chi connectivity index (χ0n) is 20.0. The van der Waals surface area contributed by atoms with E-state index in [1.54, 1.807) is 12.1 Å². The van der Waals surface area contributed by atoms with Crippen LogP contribution in [-0.2, 0) is 13.1 Å². The van der Waals surface area contributed by atoms with Gasteiger partial charge in [-0.05, 0) is 76.2 Å². The van der Waals surface area contributed by atoms with Crippen LogP contribution in [0.1, 0.15) is 53.8 Å². The molecule has 0 atom stereocenters. The molecule has 6 nitrogen and oxygen atoms in total. The Kier molecular flexibility index (Phi) is 8.19. The van der Waals surface area contributed by atoms with E-state index in [-0.39, 0.29) is 5.78 Å². The van der Waals surface area contributed by atoms with Gasteiger partial charge in [-0.25, -0.2) is 0 Å². The molecule has 0 aliphatic heterocycles. The molecule has 0 unspecified atom stereocenters. The van der Waals surface area contributed by atoms with Gasteiger partial charge in [-0.2, -0.15) is 0 Å². The standard InChI is InChI=1S/C26H31BrClN5O/c1-4-13-32(15-18-9-10-18)17-25-30-29-24(16-31(2)3)33(25)23-14-19(27)11-12-21(23)26(34)20-7-5-6-8-22(20)28/h5-8,11-12,14,18H,4,9-10,13,15-17H2,1-3H3. The predicted octanol–water partition coefficient (Wildman–Crippen LogP) is 5.60. The molecule has 1 aliphatic rings. The van der Waals surface area contributed by atoms with Crippen LogP contribution >= 0.6 is 27.5 Å². The van der Waals surface area contributed by atoms with E-state index in [9.17, 15) is 4.79 Å². The van der Waals surface area contributed by atoms with Crippen LogP contribution in [0, 0.1) is 5.92 Å². The number of carbonyl (C=O) groups excluding carboxylic acids is 1. The lowest BCUT2D eigenvalue weighted by molar-refractivity contribution is 0.103. The molecule has 8 heteroatoms. The van der Waals surface area contributed by atoms with Crippen LogP contribution in [-0.4, -0.2) is 57.5 Å². The molecule has 1 aromatic heterocycles. The molecule has 34 heavy (non-hydrogen) atoms. The fourth-order valence-electron chi connectivity index (χ4n) is 4.21. The van der Waals surface area contributed by atoms with Gasteiger partial charge in [0.25, 0.3) is 0 Å². The van der Waals surface area contributed by atoms with E-state index >= 15 is 0 Å². The average molecular weight is 545 g/mol. The van der Waals surface area contributed by atoms with E-state index in [4.69, 9.17) is 11.6 Å². The zero-order valence-corrected chi connectivity index (χ0v) is 22.3. The molecule has 1 fully saturated rings. The van der Waals surface area contributed by atoms with Crippen molar-refractivity contribution in [2.24, 2.45) is 5.92 Å². The van der Waals surface area contributed by atoms with Crippen molar-refractivity contribution in [3.63, 3.8) is 0 Å². The SMILES string of the molecule is CCCN(Cc1nnc(CN(C)C)n1-c1cc(Br)ccc1C(=O)c1ccccc1Cl)CC1CC1. The first-order valence-corrected chi connectivity index (χ1v) is 12.9. The van der Waals surface area contributed by atoms with Gasteiger partial charge in [0, 0.05) is 22.1 Å². The first-order valence-electron chi connectivity index (χ1n) is 11.8. The molecule has 1 saturated carbocycles. The molecule has 1 heterocycles. The van der Waals surface area contributed by atoms with Crippen molar-refractivity contribution >= 4 is 33.3 Å². The minimum atomic E-state index is -0.119. The average Bonchev–Trinajstić information content (AvgIpc) is 3.53. The van der Waals surface area contributed by atoms with Gasteiger partial charge in [0.2, 0.25) is 0 Å². The van der Waals surface area contributed by atoms with E-state index in [0.29, 0.717) is 29.2 Å². The van der Waals surface area contributed by atoms with Crippen molar-refractivity contribution in [1.29, 1.82) is 0 Å². The highest BCUT2D eigenvalue weighted by Crippen LogP contribution is 2.31. The summed E-state index contributed by atoms with van der Waals surface area (Å²) in [4.78, 5) is 18.2. The Labute approximate surface area is 215 Å². The van der Waals surface area contributed by atoms with Gasteiger partial charge < -0.3 is 4.90 Å². The second-order valence-electron chi connectivity index (χ2n) is 9.25. The van der Waals surface area contributed by atoms with E-state index in [1.807, 2.05) is 44.4 Å². The molecule has 4 rings (SSSR count). The van der Waals surface area contributed by atoms with Crippen LogP contribution in [0.15, 0.2) is 46.9 Å². The Hall–Kier alpha value is -2.06. The first-order chi connectivity index (χ1) is 16.4. The third-order valence-corrected chi connectivity index (χ3v) is 6.76. The lowest BCUT2D eigenvalue weighted by atomic mass is 10.0. The number of ketones is 1. The normalized spacial score (nSPS) is 13.7. The maximum absolute atomic E-state index is 13.6. The predicted molar refractivity (Wildman–Crippen MR) is 140 cm³/mol. The molecule has 0 N–H and O–H groups in total. The highest BCUT2D eigenvalue weighted by Gasteiger charge is 2.27. The number of hydrogen-bond donors (Lipinski definition) is 0. The van der Waals surface area contributed by atoms with E-state index in [2.05, 4.69) is 47.4 Å². The molecule has 0 spiro atoms. The van der Waals surface area contributed by atoms with Crippen molar-refractivity contribution < 1.29 is 4.79 Å². The fraction of sp³-hybridized carbons (Fsp3) is 0.423. The van der Waals surface area contributed by atoms with Gasteiger partial charge >= 0.3 is 0 Å². The van der Waals surface area contributed by atoms with Crippen LogP contribution in [0.25, 0.3) is 5.69 Å². The summed E-state index contributed by atoms with van der Waals surface area (Å²) in [7, 11) is 4.01. The number of benzene rings is 2. The second kappa shape index (κ2) is 11.1. The maximum atomic E-state index is 13.6. The molecule has 180 valence electrons. The van der Waals surface area contributed by atoms with Crippen LogP contribution in [0.5, 0.6) is 0 Å². The summed E-state index contributed by atoms with van der Waals surface area (Å²) in [5.41, 5.74) is 1.82. The molecule has 0 bridgehead atoms. The quantitative estimate of drug-likeness (QED) is 0.294. The zero-order chi connectivity index (χ0) is 24.2. The van der Waals surface area contributed by atoms with Crippen molar-refractivity contribution in [2.45, 2.75) is 39.3 Å². The first kappa shape index (κ1) is 25.0. The smallest absolute Gasteiger partial charge is 0.196 e. The van der Waals surface area contributed by atoms with Crippen LogP contribution in [0.3, 0.4) is 0 Å². The van der Waals surface area contributed by atoms with E-state index in [0.717, 1.165) is 47.2 Å². The molecule has 2 aromatic carbocycles. The minimum absolute atomic E-state index is 0.119. The van der Waals surface area contributed by atoms with Gasteiger partial charge in [0.15, 0.2) is 17.4 Å².